The number of carbonyl (C=O) groups excluding carboxylic acids is 3. The SMILES string of the molecule is CC(=O)CCC(=O)Nc1ccc(CNC(=O)C(F)(F)F)cc1. The van der Waals surface area contributed by atoms with E-state index in [1.807, 2.05) is 0 Å². The first-order chi connectivity index (χ1) is 10.2. The quantitative estimate of drug-likeness (QED) is 0.844. The van der Waals surface area contributed by atoms with Gasteiger partial charge in [-0.25, -0.2) is 0 Å². The first-order valence-corrected chi connectivity index (χ1v) is 6.41. The Kier molecular flexibility index (Phi) is 6.09. The van der Waals surface area contributed by atoms with Gasteiger partial charge < -0.3 is 15.4 Å². The minimum Gasteiger partial charge on any atom is -0.344 e. The summed E-state index contributed by atoms with van der Waals surface area (Å²) < 4.78 is 36.0. The predicted octanol–water partition coefficient (Wildman–Crippen LogP) is 2.17. The summed E-state index contributed by atoms with van der Waals surface area (Å²) in [5.41, 5.74) is 0.916. The number of hydrogen-bond acceptors (Lipinski definition) is 3. The van der Waals surface area contributed by atoms with Gasteiger partial charge in [-0.1, -0.05) is 12.1 Å². The van der Waals surface area contributed by atoms with E-state index in [4.69, 9.17) is 0 Å². The summed E-state index contributed by atoms with van der Waals surface area (Å²) in [5, 5.41) is 4.30. The van der Waals surface area contributed by atoms with E-state index >= 15 is 0 Å². The molecule has 5 nitrogen and oxygen atoms in total. The first-order valence-electron chi connectivity index (χ1n) is 6.41. The van der Waals surface area contributed by atoms with Crippen LogP contribution in [0.2, 0.25) is 0 Å². The van der Waals surface area contributed by atoms with Crippen LogP contribution in [0.25, 0.3) is 0 Å². The Hall–Kier alpha value is -2.38. The minimum absolute atomic E-state index is 0.0682. The Morgan fingerprint density at radius 1 is 1.05 bits per heavy atom. The second-order valence-electron chi connectivity index (χ2n) is 4.63. The van der Waals surface area contributed by atoms with Crippen LogP contribution >= 0.6 is 0 Å². The standard InChI is InChI=1S/C14H15F3N2O3/c1-9(20)2-7-12(21)19-11-5-3-10(4-6-11)8-18-13(22)14(15,16)17/h3-6H,2,7-8H2,1H3,(H,18,22)(H,19,21). The van der Waals surface area contributed by atoms with Crippen molar-refractivity contribution in [2.24, 2.45) is 0 Å². The van der Waals surface area contributed by atoms with Crippen molar-refractivity contribution in [3.8, 4) is 0 Å². The van der Waals surface area contributed by atoms with Crippen LogP contribution < -0.4 is 10.6 Å². The monoisotopic (exact) mass is 316 g/mol. The molecule has 0 bridgehead atoms. The van der Waals surface area contributed by atoms with Crippen LogP contribution in [0.4, 0.5) is 18.9 Å². The van der Waals surface area contributed by atoms with Gasteiger partial charge in [0.15, 0.2) is 0 Å². The molecule has 22 heavy (non-hydrogen) atoms. The van der Waals surface area contributed by atoms with E-state index in [2.05, 4.69) is 5.32 Å². The summed E-state index contributed by atoms with van der Waals surface area (Å²) in [6.45, 7) is 1.12. The van der Waals surface area contributed by atoms with Crippen LogP contribution in [0.5, 0.6) is 0 Å². The lowest BCUT2D eigenvalue weighted by molar-refractivity contribution is -0.173. The molecule has 1 aromatic carbocycles. The van der Waals surface area contributed by atoms with Gasteiger partial charge in [0.25, 0.3) is 0 Å². The number of benzene rings is 1. The van der Waals surface area contributed by atoms with Crippen LogP contribution in [-0.4, -0.2) is 23.8 Å². The van der Waals surface area contributed by atoms with Gasteiger partial charge in [0.2, 0.25) is 5.91 Å². The summed E-state index contributed by atoms with van der Waals surface area (Å²) in [4.78, 5) is 32.9. The molecule has 2 N–H and O–H groups in total. The molecule has 0 aliphatic carbocycles. The summed E-state index contributed by atoms with van der Waals surface area (Å²) in [7, 11) is 0. The van der Waals surface area contributed by atoms with Crippen LogP contribution in [-0.2, 0) is 20.9 Å². The lowest BCUT2D eigenvalue weighted by atomic mass is 10.2. The Balaban J connectivity index is 2.48. The minimum atomic E-state index is -4.91. The van der Waals surface area contributed by atoms with Crippen molar-refractivity contribution < 1.29 is 27.6 Å². The number of alkyl halides is 3. The number of halogens is 3. The second-order valence-corrected chi connectivity index (χ2v) is 4.63. The first kappa shape index (κ1) is 17.7. The molecule has 1 aromatic rings. The van der Waals surface area contributed by atoms with E-state index in [0.29, 0.717) is 11.3 Å². The number of hydrogen-bond donors (Lipinski definition) is 2. The molecule has 0 heterocycles. The number of nitrogens with one attached hydrogen (secondary N) is 2. The summed E-state index contributed by atoms with van der Waals surface area (Å²) >= 11 is 0. The maximum absolute atomic E-state index is 12.0. The van der Waals surface area contributed by atoms with Gasteiger partial charge in [-0.3, -0.25) is 9.59 Å². The van der Waals surface area contributed by atoms with E-state index in [0.717, 1.165) is 0 Å². The summed E-state index contributed by atoms with van der Waals surface area (Å²) in [6.07, 6.45) is -4.70. The molecule has 1 rings (SSSR count). The Morgan fingerprint density at radius 3 is 2.14 bits per heavy atom. The molecule has 0 aliphatic heterocycles. The van der Waals surface area contributed by atoms with Crippen LogP contribution in [0.1, 0.15) is 25.3 Å². The number of amides is 2. The van der Waals surface area contributed by atoms with Crippen molar-refractivity contribution in [3.05, 3.63) is 29.8 Å². The molecule has 0 fully saturated rings. The summed E-state index contributed by atoms with van der Waals surface area (Å²) in [5.74, 6) is -2.42. The lowest BCUT2D eigenvalue weighted by Gasteiger charge is -2.09. The Morgan fingerprint density at radius 2 is 1.64 bits per heavy atom. The maximum Gasteiger partial charge on any atom is 0.471 e. The van der Waals surface area contributed by atoms with Gasteiger partial charge in [0, 0.05) is 25.1 Å². The smallest absolute Gasteiger partial charge is 0.344 e. The highest BCUT2D eigenvalue weighted by atomic mass is 19.4. The molecule has 0 radical (unpaired) electrons. The molecule has 0 saturated carbocycles. The van der Waals surface area contributed by atoms with Gasteiger partial charge in [0.1, 0.15) is 5.78 Å². The molecular formula is C14H15F3N2O3. The number of ketones is 1. The fourth-order valence-corrected chi connectivity index (χ4v) is 1.50. The number of Topliss-reactive ketones (excluding diaryl/α,β-unsaturated/α-hetero) is 1. The molecule has 8 heteroatoms. The van der Waals surface area contributed by atoms with Crippen molar-refractivity contribution in [2.45, 2.75) is 32.5 Å². The second kappa shape index (κ2) is 7.58. The number of carbonyl (C=O) groups is 3. The van der Waals surface area contributed by atoms with Gasteiger partial charge >= 0.3 is 12.1 Å². The molecule has 0 saturated heterocycles. The van der Waals surface area contributed by atoms with Crippen molar-refractivity contribution in [2.75, 3.05) is 5.32 Å². The topological polar surface area (TPSA) is 75.3 Å². The zero-order chi connectivity index (χ0) is 16.8. The fraction of sp³-hybridized carbons (Fsp3) is 0.357. The molecule has 0 atom stereocenters. The molecule has 0 spiro atoms. The van der Waals surface area contributed by atoms with Crippen molar-refractivity contribution in [3.63, 3.8) is 0 Å². The molecule has 0 unspecified atom stereocenters. The third-order valence-electron chi connectivity index (χ3n) is 2.65. The normalized spacial score (nSPS) is 10.9. The largest absolute Gasteiger partial charge is 0.471 e. The average Bonchev–Trinajstić information content (AvgIpc) is 2.43. The van der Waals surface area contributed by atoms with Gasteiger partial charge in [-0.15, -0.1) is 0 Å². The third-order valence-corrected chi connectivity index (χ3v) is 2.65. The molecule has 2 amide bonds. The zero-order valence-corrected chi connectivity index (χ0v) is 11.8. The highest BCUT2D eigenvalue weighted by Crippen LogP contribution is 2.15. The van der Waals surface area contributed by atoms with Gasteiger partial charge in [-0.2, -0.15) is 13.2 Å². The fourth-order valence-electron chi connectivity index (χ4n) is 1.50. The van der Waals surface area contributed by atoms with Gasteiger partial charge in [-0.05, 0) is 24.6 Å². The lowest BCUT2D eigenvalue weighted by Crippen LogP contribution is -2.36. The Bertz CT molecular complexity index is 553. The van der Waals surface area contributed by atoms with Crippen LogP contribution in [0.15, 0.2) is 24.3 Å². The van der Waals surface area contributed by atoms with E-state index in [1.54, 1.807) is 5.32 Å². The number of anilines is 1. The van der Waals surface area contributed by atoms with E-state index < -0.39 is 12.1 Å². The highest BCUT2D eigenvalue weighted by molar-refractivity contribution is 5.93. The van der Waals surface area contributed by atoms with E-state index in [9.17, 15) is 27.6 Å². The number of rotatable bonds is 6. The van der Waals surface area contributed by atoms with Crippen LogP contribution in [0, 0.1) is 0 Å². The highest BCUT2D eigenvalue weighted by Gasteiger charge is 2.38. The predicted molar refractivity (Wildman–Crippen MR) is 72.9 cm³/mol. The van der Waals surface area contributed by atoms with Crippen LogP contribution in [0.3, 0.4) is 0 Å². The maximum atomic E-state index is 12.0. The van der Waals surface area contributed by atoms with E-state index in [-0.39, 0.29) is 31.1 Å². The Labute approximate surface area is 124 Å². The summed E-state index contributed by atoms with van der Waals surface area (Å²) in [6, 6.07) is 5.97. The van der Waals surface area contributed by atoms with Crippen molar-refractivity contribution in [1.29, 1.82) is 0 Å². The van der Waals surface area contributed by atoms with Gasteiger partial charge in [0.05, 0.1) is 0 Å². The molecule has 0 aliphatic rings. The van der Waals surface area contributed by atoms with Crippen molar-refractivity contribution in [1.82, 2.24) is 5.32 Å². The van der Waals surface area contributed by atoms with Crippen molar-refractivity contribution >= 4 is 23.3 Å². The average molecular weight is 316 g/mol. The zero-order valence-electron chi connectivity index (χ0n) is 11.8. The molecule has 120 valence electrons. The van der Waals surface area contributed by atoms with E-state index in [1.165, 1.54) is 31.2 Å². The molecular weight excluding hydrogens is 301 g/mol. The third kappa shape index (κ3) is 6.38. The molecule has 0 aromatic heterocycles.